The first-order valence-corrected chi connectivity index (χ1v) is 7.00. The Morgan fingerprint density at radius 1 is 1.17 bits per heavy atom. The lowest BCUT2D eigenvalue weighted by atomic mass is 10.1. The number of hydrogen-bond acceptors (Lipinski definition) is 4. The third kappa shape index (κ3) is 5.00. The summed E-state index contributed by atoms with van der Waals surface area (Å²) in [5, 5.41) is 2.59. The molecule has 0 radical (unpaired) electrons. The van der Waals surface area contributed by atoms with E-state index in [2.05, 4.69) is 10.1 Å². The Morgan fingerprint density at radius 3 is 2.65 bits per heavy atom. The molecule has 118 valence electrons. The van der Waals surface area contributed by atoms with Crippen molar-refractivity contribution in [2.75, 3.05) is 12.4 Å². The number of hydrogen-bond donors (Lipinski definition) is 1. The van der Waals surface area contributed by atoms with E-state index in [9.17, 15) is 9.59 Å². The molecule has 2 rings (SSSR count). The molecule has 5 heteroatoms. The number of amides is 1. The van der Waals surface area contributed by atoms with Gasteiger partial charge in [0, 0.05) is 12.1 Å². The van der Waals surface area contributed by atoms with E-state index >= 15 is 0 Å². The van der Waals surface area contributed by atoms with E-state index in [0.29, 0.717) is 30.0 Å². The maximum Gasteiger partial charge on any atom is 0.330 e. The Morgan fingerprint density at radius 2 is 1.96 bits per heavy atom. The Kier molecular flexibility index (Phi) is 5.94. The molecule has 23 heavy (non-hydrogen) atoms. The van der Waals surface area contributed by atoms with E-state index in [1.807, 2.05) is 30.3 Å². The molecule has 0 aromatic heterocycles. The maximum absolute atomic E-state index is 11.2. The van der Waals surface area contributed by atoms with Gasteiger partial charge in [-0.25, -0.2) is 4.79 Å². The summed E-state index contributed by atoms with van der Waals surface area (Å²) in [6.45, 7) is 0.429. The fourth-order valence-corrected chi connectivity index (χ4v) is 1.93. The first-order valence-electron chi connectivity index (χ1n) is 7.00. The average Bonchev–Trinajstić information content (AvgIpc) is 2.60. The highest BCUT2D eigenvalue weighted by atomic mass is 16.5. The van der Waals surface area contributed by atoms with Gasteiger partial charge in [-0.15, -0.1) is 0 Å². The monoisotopic (exact) mass is 311 g/mol. The zero-order valence-corrected chi connectivity index (χ0v) is 12.7. The number of nitrogens with one attached hydrogen (secondary N) is 1. The van der Waals surface area contributed by atoms with Crippen molar-refractivity contribution < 1.29 is 19.1 Å². The van der Waals surface area contributed by atoms with Gasteiger partial charge in [-0.05, 0) is 29.3 Å². The molecular formula is C18H17NO4. The van der Waals surface area contributed by atoms with E-state index in [1.54, 1.807) is 24.3 Å². The summed E-state index contributed by atoms with van der Waals surface area (Å²) in [5.74, 6) is 0.153. The molecule has 0 aliphatic rings. The van der Waals surface area contributed by atoms with Crippen molar-refractivity contribution in [3.05, 3.63) is 65.7 Å². The largest absolute Gasteiger partial charge is 0.489 e. The van der Waals surface area contributed by atoms with Crippen LogP contribution >= 0.6 is 0 Å². The van der Waals surface area contributed by atoms with Crippen LogP contribution in [0.4, 0.5) is 5.69 Å². The van der Waals surface area contributed by atoms with Crippen molar-refractivity contribution in [2.45, 2.75) is 6.61 Å². The summed E-state index contributed by atoms with van der Waals surface area (Å²) in [4.78, 5) is 21.9. The fraction of sp³-hybridized carbons (Fsp3) is 0.111. The molecule has 1 N–H and O–H groups in total. The van der Waals surface area contributed by atoms with E-state index in [4.69, 9.17) is 4.74 Å². The molecule has 0 heterocycles. The van der Waals surface area contributed by atoms with Gasteiger partial charge in [-0.1, -0.05) is 30.3 Å². The molecule has 2 aromatic rings. The molecule has 0 saturated heterocycles. The highest BCUT2D eigenvalue weighted by Gasteiger charge is 2.04. The van der Waals surface area contributed by atoms with Crippen LogP contribution in [0, 0.1) is 0 Å². The second kappa shape index (κ2) is 8.38. The van der Waals surface area contributed by atoms with Gasteiger partial charge in [-0.2, -0.15) is 0 Å². The number of ether oxygens (including phenoxy) is 2. The predicted octanol–water partition coefficient (Wildman–Crippen LogP) is 3.02. The second-order valence-corrected chi connectivity index (χ2v) is 4.64. The highest BCUT2D eigenvalue weighted by Crippen LogP contribution is 2.24. The topological polar surface area (TPSA) is 64.6 Å². The molecule has 1 amide bonds. The number of benzene rings is 2. The standard InChI is InChI=1S/C18H17NO4/c1-22-18(21)10-8-15-7-9-16(11-17(15)19-13-20)23-12-14-5-3-2-4-6-14/h2-11,13H,12H2,1H3,(H,19,20). The van der Waals surface area contributed by atoms with Crippen LogP contribution in [0.3, 0.4) is 0 Å². The Bertz CT molecular complexity index is 695. The van der Waals surface area contributed by atoms with Crippen LogP contribution < -0.4 is 10.1 Å². The van der Waals surface area contributed by atoms with Crippen molar-refractivity contribution in [3.63, 3.8) is 0 Å². The number of carbonyl (C=O) groups is 2. The van der Waals surface area contributed by atoms with E-state index < -0.39 is 5.97 Å². The second-order valence-electron chi connectivity index (χ2n) is 4.64. The van der Waals surface area contributed by atoms with Crippen LogP contribution in [0.5, 0.6) is 5.75 Å². The molecule has 0 atom stereocenters. The average molecular weight is 311 g/mol. The number of methoxy groups -OCH3 is 1. The minimum atomic E-state index is -0.466. The molecule has 0 spiro atoms. The molecule has 0 bridgehead atoms. The first kappa shape index (κ1) is 16.3. The molecule has 0 saturated carbocycles. The van der Waals surface area contributed by atoms with E-state index in [1.165, 1.54) is 13.2 Å². The van der Waals surface area contributed by atoms with Crippen LogP contribution in [0.25, 0.3) is 6.08 Å². The number of carbonyl (C=O) groups excluding carboxylic acids is 2. The van der Waals surface area contributed by atoms with Crippen LogP contribution in [-0.2, 0) is 20.9 Å². The molecule has 2 aromatic carbocycles. The minimum Gasteiger partial charge on any atom is -0.489 e. The summed E-state index contributed by atoms with van der Waals surface area (Å²) >= 11 is 0. The zero-order chi connectivity index (χ0) is 16.5. The Hall–Kier alpha value is -3.08. The van der Waals surface area contributed by atoms with Crippen molar-refractivity contribution in [2.24, 2.45) is 0 Å². The van der Waals surface area contributed by atoms with E-state index in [-0.39, 0.29) is 0 Å². The van der Waals surface area contributed by atoms with Crippen LogP contribution in [0.2, 0.25) is 0 Å². The lowest BCUT2D eigenvalue weighted by Gasteiger charge is -2.10. The van der Waals surface area contributed by atoms with Gasteiger partial charge < -0.3 is 14.8 Å². The lowest BCUT2D eigenvalue weighted by Crippen LogP contribution is -2.00. The van der Waals surface area contributed by atoms with Gasteiger partial charge in [0.25, 0.3) is 0 Å². The van der Waals surface area contributed by atoms with Crippen LogP contribution in [0.1, 0.15) is 11.1 Å². The molecule has 0 fully saturated rings. The zero-order valence-electron chi connectivity index (χ0n) is 12.7. The minimum absolute atomic E-state index is 0.429. The SMILES string of the molecule is COC(=O)C=Cc1ccc(OCc2ccccc2)cc1NC=O. The first-order chi connectivity index (χ1) is 11.2. The van der Waals surface area contributed by atoms with Gasteiger partial charge in [0.15, 0.2) is 0 Å². The third-order valence-electron chi connectivity index (χ3n) is 3.09. The van der Waals surface area contributed by atoms with Crippen molar-refractivity contribution in [1.82, 2.24) is 0 Å². The van der Waals surface area contributed by atoms with Crippen LogP contribution in [-0.4, -0.2) is 19.5 Å². The van der Waals surface area contributed by atoms with E-state index in [0.717, 1.165) is 5.56 Å². The number of anilines is 1. The Labute approximate surface area is 134 Å². The quantitative estimate of drug-likeness (QED) is 0.485. The summed E-state index contributed by atoms with van der Waals surface area (Å²) < 4.78 is 10.3. The van der Waals surface area contributed by atoms with Crippen molar-refractivity contribution in [3.8, 4) is 5.75 Å². The van der Waals surface area contributed by atoms with Crippen molar-refractivity contribution in [1.29, 1.82) is 0 Å². The number of rotatable bonds is 7. The molecule has 0 aliphatic carbocycles. The van der Waals surface area contributed by atoms with Gasteiger partial charge in [0.2, 0.25) is 6.41 Å². The molecular weight excluding hydrogens is 294 g/mol. The predicted molar refractivity (Wildman–Crippen MR) is 88.0 cm³/mol. The molecule has 5 nitrogen and oxygen atoms in total. The van der Waals surface area contributed by atoms with Crippen molar-refractivity contribution >= 4 is 24.1 Å². The third-order valence-corrected chi connectivity index (χ3v) is 3.09. The summed E-state index contributed by atoms with van der Waals surface area (Å²) in [6.07, 6.45) is 3.43. The van der Waals surface area contributed by atoms with Crippen LogP contribution in [0.15, 0.2) is 54.6 Å². The van der Waals surface area contributed by atoms with Gasteiger partial charge in [-0.3, -0.25) is 4.79 Å². The summed E-state index contributed by atoms with van der Waals surface area (Å²) in [6, 6.07) is 15.0. The van der Waals surface area contributed by atoms with Gasteiger partial charge in [0.1, 0.15) is 12.4 Å². The van der Waals surface area contributed by atoms with Gasteiger partial charge in [0.05, 0.1) is 12.8 Å². The normalized spacial score (nSPS) is 10.3. The Balaban J connectivity index is 2.13. The smallest absolute Gasteiger partial charge is 0.330 e. The summed E-state index contributed by atoms with van der Waals surface area (Å²) in [7, 11) is 1.30. The molecule has 0 aliphatic heterocycles. The lowest BCUT2D eigenvalue weighted by molar-refractivity contribution is -0.134. The fourth-order valence-electron chi connectivity index (χ4n) is 1.93. The molecule has 0 unspecified atom stereocenters. The summed E-state index contributed by atoms with van der Waals surface area (Å²) in [5.41, 5.74) is 2.27. The maximum atomic E-state index is 11.2. The highest BCUT2D eigenvalue weighted by molar-refractivity contribution is 5.89. The van der Waals surface area contributed by atoms with Gasteiger partial charge >= 0.3 is 5.97 Å². The number of esters is 1.